The van der Waals surface area contributed by atoms with Gasteiger partial charge in [0.05, 0.1) is 5.39 Å². The summed E-state index contributed by atoms with van der Waals surface area (Å²) in [5.74, 6) is 1.87. The molecule has 0 amide bonds. The number of hydrogen-bond acceptors (Lipinski definition) is 4. The van der Waals surface area contributed by atoms with E-state index in [2.05, 4.69) is 34.8 Å². The van der Waals surface area contributed by atoms with Gasteiger partial charge in [0.15, 0.2) is 0 Å². The lowest BCUT2D eigenvalue weighted by molar-refractivity contribution is 0.448. The average molecular weight is 289 g/mol. The van der Waals surface area contributed by atoms with Crippen molar-refractivity contribution in [3.05, 3.63) is 17.3 Å². The van der Waals surface area contributed by atoms with Crippen LogP contribution in [0.4, 0.5) is 5.82 Å². The van der Waals surface area contributed by atoms with E-state index in [-0.39, 0.29) is 0 Å². The molecule has 0 N–H and O–H groups in total. The van der Waals surface area contributed by atoms with Crippen LogP contribution < -0.4 is 4.90 Å². The molecule has 108 valence electrons. The zero-order chi connectivity index (χ0) is 13.9. The van der Waals surface area contributed by atoms with Gasteiger partial charge >= 0.3 is 0 Å². The van der Waals surface area contributed by atoms with Crippen LogP contribution in [-0.2, 0) is 0 Å². The van der Waals surface area contributed by atoms with Gasteiger partial charge in [-0.25, -0.2) is 9.97 Å². The molecule has 0 saturated heterocycles. The van der Waals surface area contributed by atoms with E-state index < -0.39 is 0 Å². The van der Waals surface area contributed by atoms with Gasteiger partial charge in [-0.1, -0.05) is 19.3 Å². The van der Waals surface area contributed by atoms with Crippen molar-refractivity contribution in [3.8, 4) is 0 Å². The molecule has 1 saturated carbocycles. The van der Waals surface area contributed by atoms with Crippen molar-refractivity contribution < 1.29 is 0 Å². The van der Waals surface area contributed by atoms with Crippen LogP contribution in [0.5, 0.6) is 0 Å². The standard InChI is InChI=1S/C16H23N3S/c1-3-19(4-2)15-13-10-14(12-8-6-5-7-9-12)20-16(13)18-11-17-15/h10-12H,3-9H2,1-2H3. The Morgan fingerprint density at radius 3 is 2.60 bits per heavy atom. The summed E-state index contributed by atoms with van der Waals surface area (Å²) in [7, 11) is 0. The zero-order valence-corrected chi connectivity index (χ0v) is 13.2. The molecule has 0 spiro atoms. The molecule has 1 fully saturated rings. The van der Waals surface area contributed by atoms with E-state index in [1.165, 1.54) is 42.4 Å². The third-order valence-corrected chi connectivity index (χ3v) is 5.60. The van der Waals surface area contributed by atoms with E-state index in [1.54, 1.807) is 6.33 Å². The number of anilines is 1. The van der Waals surface area contributed by atoms with E-state index in [0.717, 1.165) is 29.7 Å². The summed E-state index contributed by atoms with van der Waals surface area (Å²) in [5.41, 5.74) is 0. The monoisotopic (exact) mass is 289 g/mol. The van der Waals surface area contributed by atoms with Gasteiger partial charge in [0.25, 0.3) is 0 Å². The first-order chi connectivity index (χ1) is 9.83. The van der Waals surface area contributed by atoms with Gasteiger partial charge in [-0.15, -0.1) is 11.3 Å². The van der Waals surface area contributed by atoms with Crippen LogP contribution in [0.3, 0.4) is 0 Å². The van der Waals surface area contributed by atoms with E-state index >= 15 is 0 Å². The summed E-state index contributed by atoms with van der Waals surface area (Å²) in [6.45, 7) is 6.37. The molecule has 0 aliphatic heterocycles. The highest BCUT2D eigenvalue weighted by atomic mass is 32.1. The Balaban J connectivity index is 1.99. The van der Waals surface area contributed by atoms with Crippen molar-refractivity contribution in [3.63, 3.8) is 0 Å². The molecule has 3 nitrogen and oxygen atoms in total. The van der Waals surface area contributed by atoms with Crippen LogP contribution in [0, 0.1) is 0 Å². The normalized spacial score (nSPS) is 16.7. The van der Waals surface area contributed by atoms with Crippen LogP contribution in [-0.4, -0.2) is 23.1 Å². The van der Waals surface area contributed by atoms with E-state index in [9.17, 15) is 0 Å². The molecule has 4 heteroatoms. The first kappa shape index (κ1) is 13.8. The SMILES string of the molecule is CCN(CC)c1ncnc2sc(C3CCCCC3)cc12. The highest BCUT2D eigenvalue weighted by Gasteiger charge is 2.20. The van der Waals surface area contributed by atoms with Gasteiger partial charge in [0.1, 0.15) is 17.0 Å². The van der Waals surface area contributed by atoms with Crippen molar-refractivity contribution in [1.82, 2.24) is 9.97 Å². The number of nitrogens with zero attached hydrogens (tertiary/aromatic N) is 3. The van der Waals surface area contributed by atoms with Crippen LogP contribution in [0.1, 0.15) is 56.7 Å². The second-order valence-electron chi connectivity index (χ2n) is 5.57. The van der Waals surface area contributed by atoms with Crippen molar-refractivity contribution in [2.75, 3.05) is 18.0 Å². The lowest BCUT2D eigenvalue weighted by Gasteiger charge is -2.20. The Labute approximate surface area is 125 Å². The Morgan fingerprint density at radius 2 is 1.90 bits per heavy atom. The summed E-state index contributed by atoms with van der Waals surface area (Å²) in [6, 6.07) is 2.36. The predicted octanol–water partition coefficient (Wildman–Crippen LogP) is 4.59. The van der Waals surface area contributed by atoms with Crippen LogP contribution in [0.15, 0.2) is 12.4 Å². The second-order valence-corrected chi connectivity index (χ2v) is 6.63. The molecule has 0 atom stereocenters. The molecule has 0 radical (unpaired) electrons. The van der Waals surface area contributed by atoms with Crippen molar-refractivity contribution in [1.29, 1.82) is 0 Å². The molecular weight excluding hydrogens is 266 g/mol. The molecule has 0 unspecified atom stereocenters. The minimum absolute atomic E-state index is 0.757. The maximum absolute atomic E-state index is 4.53. The van der Waals surface area contributed by atoms with Crippen molar-refractivity contribution in [2.45, 2.75) is 51.9 Å². The fourth-order valence-electron chi connectivity index (χ4n) is 3.23. The van der Waals surface area contributed by atoms with Gasteiger partial charge in [-0.3, -0.25) is 0 Å². The lowest BCUT2D eigenvalue weighted by Crippen LogP contribution is -2.23. The quantitative estimate of drug-likeness (QED) is 0.824. The third-order valence-electron chi connectivity index (χ3n) is 4.40. The summed E-state index contributed by atoms with van der Waals surface area (Å²) >= 11 is 1.88. The molecule has 1 aliphatic carbocycles. The van der Waals surface area contributed by atoms with Crippen molar-refractivity contribution in [2.24, 2.45) is 0 Å². The fourth-order valence-corrected chi connectivity index (χ4v) is 4.39. The molecule has 2 heterocycles. The Kier molecular flexibility index (Phi) is 4.20. The smallest absolute Gasteiger partial charge is 0.140 e. The predicted molar refractivity (Wildman–Crippen MR) is 86.8 cm³/mol. The van der Waals surface area contributed by atoms with Gasteiger partial charge < -0.3 is 4.90 Å². The summed E-state index contributed by atoms with van der Waals surface area (Å²) in [4.78, 5) is 14.0. The highest BCUT2D eigenvalue weighted by molar-refractivity contribution is 7.18. The summed E-state index contributed by atoms with van der Waals surface area (Å²) in [6.07, 6.45) is 8.59. The average Bonchev–Trinajstić information content (AvgIpc) is 2.94. The molecule has 1 aliphatic rings. The summed E-state index contributed by atoms with van der Waals surface area (Å²) < 4.78 is 0. The molecule has 0 bridgehead atoms. The second kappa shape index (κ2) is 6.08. The molecule has 20 heavy (non-hydrogen) atoms. The zero-order valence-electron chi connectivity index (χ0n) is 12.4. The number of rotatable bonds is 4. The largest absolute Gasteiger partial charge is 0.357 e. The van der Waals surface area contributed by atoms with Crippen LogP contribution in [0.2, 0.25) is 0 Å². The molecule has 0 aromatic carbocycles. The minimum Gasteiger partial charge on any atom is -0.357 e. The third kappa shape index (κ3) is 2.53. The first-order valence-corrected chi connectivity index (χ1v) is 8.64. The lowest BCUT2D eigenvalue weighted by atomic mass is 9.88. The van der Waals surface area contributed by atoms with Crippen LogP contribution in [0.25, 0.3) is 10.2 Å². The number of thiophene rings is 1. The van der Waals surface area contributed by atoms with E-state index in [0.29, 0.717) is 0 Å². The molecule has 2 aromatic heterocycles. The molecule has 2 aromatic rings. The fraction of sp³-hybridized carbons (Fsp3) is 0.625. The Morgan fingerprint density at radius 1 is 1.15 bits per heavy atom. The van der Waals surface area contributed by atoms with Gasteiger partial charge in [-0.05, 0) is 38.7 Å². The maximum atomic E-state index is 4.53. The molecule has 3 rings (SSSR count). The first-order valence-electron chi connectivity index (χ1n) is 7.82. The Hall–Kier alpha value is -1.16. The number of aromatic nitrogens is 2. The minimum atomic E-state index is 0.757. The number of fused-ring (bicyclic) bond motifs is 1. The molecular formula is C16H23N3S. The Bertz CT molecular complexity index is 568. The summed E-state index contributed by atoms with van der Waals surface area (Å²) in [5, 5.41) is 1.25. The van der Waals surface area contributed by atoms with Gasteiger partial charge in [-0.2, -0.15) is 0 Å². The van der Waals surface area contributed by atoms with Crippen LogP contribution >= 0.6 is 11.3 Å². The topological polar surface area (TPSA) is 29.0 Å². The van der Waals surface area contributed by atoms with Crippen molar-refractivity contribution >= 4 is 27.4 Å². The number of hydrogen-bond donors (Lipinski definition) is 0. The van der Waals surface area contributed by atoms with Gasteiger partial charge in [0, 0.05) is 18.0 Å². The maximum Gasteiger partial charge on any atom is 0.140 e. The van der Waals surface area contributed by atoms with Gasteiger partial charge in [0.2, 0.25) is 0 Å². The van der Waals surface area contributed by atoms with E-state index in [4.69, 9.17) is 0 Å². The van der Waals surface area contributed by atoms with E-state index in [1.807, 2.05) is 11.3 Å². The highest BCUT2D eigenvalue weighted by Crippen LogP contribution is 2.40.